The van der Waals surface area contributed by atoms with Crippen molar-refractivity contribution in [3.63, 3.8) is 0 Å². The Morgan fingerprint density at radius 2 is 1.97 bits per heavy atom. The summed E-state index contributed by atoms with van der Waals surface area (Å²) in [6.45, 7) is 8.88. The van der Waals surface area contributed by atoms with Crippen molar-refractivity contribution in [2.45, 2.75) is 45.8 Å². The number of aliphatic imine (C=N–C) groups is 1. The number of hydrogen-bond acceptors (Lipinski definition) is 3. The Kier molecular flexibility index (Phi) is 7.66. The molecule has 2 aromatic rings. The van der Waals surface area contributed by atoms with Crippen LogP contribution >= 0.6 is 0 Å². The molecule has 0 spiro atoms. The summed E-state index contributed by atoms with van der Waals surface area (Å²) in [5, 5.41) is 16.0. The van der Waals surface area contributed by atoms with Crippen LogP contribution in [0.15, 0.2) is 53.5 Å². The van der Waals surface area contributed by atoms with Gasteiger partial charge in [0.05, 0.1) is 18.2 Å². The van der Waals surface area contributed by atoms with Crippen LogP contribution in [0.3, 0.4) is 0 Å². The molecule has 0 radical (unpaired) electrons. The minimum atomic E-state index is 0.436. The Bertz CT molecular complexity index is 860. The molecule has 0 saturated carbocycles. The number of nitriles is 1. The van der Waals surface area contributed by atoms with E-state index in [1.54, 1.807) is 0 Å². The highest BCUT2D eigenvalue weighted by atomic mass is 15.2. The second-order valence-electron chi connectivity index (χ2n) is 7.63. The van der Waals surface area contributed by atoms with E-state index < -0.39 is 0 Å². The van der Waals surface area contributed by atoms with Crippen LogP contribution < -0.4 is 10.6 Å². The van der Waals surface area contributed by atoms with Crippen molar-refractivity contribution in [1.82, 2.24) is 15.5 Å². The first-order valence-corrected chi connectivity index (χ1v) is 10.5. The normalized spacial score (nSPS) is 15.7. The van der Waals surface area contributed by atoms with Gasteiger partial charge in [0.2, 0.25) is 0 Å². The van der Waals surface area contributed by atoms with Crippen molar-refractivity contribution >= 4 is 5.96 Å². The first-order valence-electron chi connectivity index (χ1n) is 10.5. The quantitative estimate of drug-likeness (QED) is 0.585. The molecule has 2 aromatic carbocycles. The van der Waals surface area contributed by atoms with Gasteiger partial charge in [-0.15, -0.1) is 0 Å². The molecule has 2 N–H and O–H groups in total. The summed E-state index contributed by atoms with van der Waals surface area (Å²) in [5.41, 5.74) is 4.52. The lowest BCUT2D eigenvalue weighted by atomic mass is 10.0. The molecule has 1 saturated heterocycles. The molecular formula is C24H31N5. The van der Waals surface area contributed by atoms with E-state index in [1.165, 1.54) is 11.1 Å². The lowest BCUT2D eigenvalue weighted by Crippen LogP contribution is -2.48. The number of nitrogens with one attached hydrogen (secondary N) is 2. The van der Waals surface area contributed by atoms with Gasteiger partial charge in [-0.1, -0.05) is 36.4 Å². The van der Waals surface area contributed by atoms with Crippen molar-refractivity contribution in [1.29, 1.82) is 5.26 Å². The molecule has 1 fully saturated rings. The van der Waals surface area contributed by atoms with E-state index in [9.17, 15) is 0 Å². The largest absolute Gasteiger partial charge is 0.357 e. The minimum Gasteiger partial charge on any atom is -0.357 e. The first kappa shape index (κ1) is 20.9. The number of nitrogens with zero attached hydrogens (tertiary/aromatic N) is 3. The summed E-state index contributed by atoms with van der Waals surface area (Å²) in [7, 11) is 0. The van der Waals surface area contributed by atoms with E-state index >= 15 is 0 Å². The minimum absolute atomic E-state index is 0.436. The van der Waals surface area contributed by atoms with Gasteiger partial charge in [0.25, 0.3) is 0 Å². The van der Waals surface area contributed by atoms with Crippen molar-refractivity contribution in [2.75, 3.05) is 19.6 Å². The summed E-state index contributed by atoms with van der Waals surface area (Å²) in [6.07, 6.45) is 2.22. The van der Waals surface area contributed by atoms with E-state index in [0.29, 0.717) is 18.2 Å². The second kappa shape index (κ2) is 10.6. The number of aryl methyl sites for hydroxylation is 1. The molecule has 0 atom stereocenters. The van der Waals surface area contributed by atoms with E-state index in [2.05, 4.69) is 59.7 Å². The lowest BCUT2D eigenvalue weighted by molar-refractivity contribution is 0.198. The molecule has 1 aliphatic heterocycles. The topological polar surface area (TPSA) is 63.5 Å². The highest BCUT2D eigenvalue weighted by Gasteiger charge is 2.20. The lowest BCUT2D eigenvalue weighted by Gasteiger charge is -2.33. The van der Waals surface area contributed by atoms with Crippen molar-refractivity contribution in [3.05, 3.63) is 70.8 Å². The van der Waals surface area contributed by atoms with Gasteiger partial charge in [0, 0.05) is 32.2 Å². The SMILES string of the molecule is CCNC(=NCc1cccc(C#N)c1)NC1CCN(Cc2ccccc2C)CC1. The molecule has 5 heteroatoms. The van der Waals surface area contributed by atoms with Gasteiger partial charge >= 0.3 is 0 Å². The Labute approximate surface area is 174 Å². The maximum absolute atomic E-state index is 9.06. The first-order chi connectivity index (χ1) is 14.2. The molecule has 29 heavy (non-hydrogen) atoms. The van der Waals surface area contributed by atoms with E-state index in [0.717, 1.165) is 50.5 Å². The second-order valence-corrected chi connectivity index (χ2v) is 7.63. The third-order valence-corrected chi connectivity index (χ3v) is 5.40. The number of piperidine rings is 1. The summed E-state index contributed by atoms with van der Waals surface area (Å²) in [6, 6.07) is 18.9. The molecule has 0 bridgehead atoms. The zero-order chi connectivity index (χ0) is 20.5. The molecular weight excluding hydrogens is 358 g/mol. The molecule has 0 amide bonds. The van der Waals surface area contributed by atoms with Gasteiger partial charge in [-0.05, 0) is 55.5 Å². The van der Waals surface area contributed by atoms with Crippen molar-refractivity contribution in [3.8, 4) is 6.07 Å². The molecule has 0 aliphatic carbocycles. The van der Waals surface area contributed by atoms with Gasteiger partial charge in [-0.25, -0.2) is 4.99 Å². The predicted molar refractivity (Wildman–Crippen MR) is 119 cm³/mol. The highest BCUT2D eigenvalue weighted by molar-refractivity contribution is 5.80. The third-order valence-electron chi connectivity index (χ3n) is 5.40. The average Bonchev–Trinajstić information content (AvgIpc) is 2.75. The molecule has 3 rings (SSSR count). The van der Waals surface area contributed by atoms with Gasteiger partial charge in [-0.3, -0.25) is 4.90 Å². The summed E-state index contributed by atoms with van der Waals surface area (Å²) < 4.78 is 0. The third kappa shape index (κ3) is 6.33. The number of rotatable bonds is 6. The van der Waals surface area contributed by atoms with E-state index in [1.807, 2.05) is 24.3 Å². The zero-order valence-corrected chi connectivity index (χ0v) is 17.5. The fourth-order valence-corrected chi connectivity index (χ4v) is 3.69. The number of benzene rings is 2. The standard InChI is InChI=1S/C24H31N5/c1-3-26-24(27-17-21-9-6-8-20(15-21)16-25)28-23-11-13-29(14-12-23)18-22-10-5-4-7-19(22)2/h4-10,15,23H,3,11-14,17-18H2,1-2H3,(H2,26,27,28). The summed E-state index contributed by atoms with van der Waals surface area (Å²) in [4.78, 5) is 7.26. The van der Waals surface area contributed by atoms with Crippen LogP contribution in [0.25, 0.3) is 0 Å². The highest BCUT2D eigenvalue weighted by Crippen LogP contribution is 2.16. The van der Waals surface area contributed by atoms with Gasteiger partial charge in [0.15, 0.2) is 5.96 Å². The number of guanidine groups is 1. The van der Waals surface area contributed by atoms with Crippen LogP contribution in [0.1, 0.15) is 42.0 Å². The molecule has 5 nitrogen and oxygen atoms in total. The Morgan fingerprint density at radius 1 is 1.17 bits per heavy atom. The maximum atomic E-state index is 9.06. The van der Waals surface area contributed by atoms with E-state index in [-0.39, 0.29) is 0 Å². The molecule has 1 aliphatic rings. The van der Waals surface area contributed by atoms with E-state index in [4.69, 9.17) is 10.3 Å². The number of hydrogen-bond donors (Lipinski definition) is 2. The number of likely N-dealkylation sites (tertiary alicyclic amines) is 1. The predicted octanol–water partition coefficient (Wildman–Crippen LogP) is 3.59. The molecule has 0 aromatic heterocycles. The maximum Gasteiger partial charge on any atom is 0.191 e. The zero-order valence-electron chi connectivity index (χ0n) is 17.5. The fourth-order valence-electron chi connectivity index (χ4n) is 3.69. The monoisotopic (exact) mass is 389 g/mol. The van der Waals surface area contributed by atoms with Crippen LogP contribution in [0.2, 0.25) is 0 Å². The van der Waals surface area contributed by atoms with Crippen LogP contribution in [0.4, 0.5) is 0 Å². The van der Waals surface area contributed by atoms with Crippen LogP contribution in [0, 0.1) is 18.3 Å². The summed E-state index contributed by atoms with van der Waals surface area (Å²) >= 11 is 0. The Balaban J connectivity index is 1.52. The molecule has 0 unspecified atom stereocenters. The average molecular weight is 390 g/mol. The van der Waals surface area contributed by atoms with Crippen LogP contribution in [-0.2, 0) is 13.1 Å². The van der Waals surface area contributed by atoms with Gasteiger partial charge in [-0.2, -0.15) is 5.26 Å². The van der Waals surface area contributed by atoms with Crippen LogP contribution in [0.5, 0.6) is 0 Å². The Morgan fingerprint density at radius 3 is 2.69 bits per heavy atom. The van der Waals surface area contributed by atoms with Crippen LogP contribution in [-0.4, -0.2) is 36.5 Å². The molecule has 1 heterocycles. The Hall–Kier alpha value is -2.84. The summed E-state index contributed by atoms with van der Waals surface area (Å²) in [5.74, 6) is 0.854. The van der Waals surface area contributed by atoms with Gasteiger partial charge in [0.1, 0.15) is 0 Å². The van der Waals surface area contributed by atoms with Crippen molar-refractivity contribution < 1.29 is 0 Å². The molecule has 152 valence electrons. The fraction of sp³-hybridized carbons (Fsp3) is 0.417. The smallest absolute Gasteiger partial charge is 0.191 e. The van der Waals surface area contributed by atoms with Crippen molar-refractivity contribution in [2.24, 2.45) is 4.99 Å². The van der Waals surface area contributed by atoms with Gasteiger partial charge < -0.3 is 10.6 Å².